The number of halogens is 4. The number of carbonyl (C=O) groups excluding carboxylic acids is 2. The van der Waals surface area contributed by atoms with E-state index in [0.29, 0.717) is 0 Å². The lowest BCUT2D eigenvalue weighted by atomic mass is 10.0. The van der Waals surface area contributed by atoms with Gasteiger partial charge in [-0.2, -0.15) is 0 Å². The third kappa shape index (κ3) is 2.15. The number of fused-ring (bicyclic) bond motifs is 1. The van der Waals surface area contributed by atoms with E-state index in [0.717, 1.165) is 36.4 Å². The minimum absolute atomic E-state index is 0.364. The fraction of sp³-hybridized carbons (Fsp3) is 0. The molecule has 4 rings (SSSR count). The molecule has 8 heteroatoms. The summed E-state index contributed by atoms with van der Waals surface area (Å²) >= 11 is 0. The molecule has 0 fully saturated rings. The van der Waals surface area contributed by atoms with E-state index in [1.807, 2.05) is 0 Å². The third-order valence-corrected chi connectivity index (χ3v) is 4.11. The number of rotatable bonds is 2. The van der Waals surface area contributed by atoms with Crippen molar-refractivity contribution in [2.24, 2.45) is 0 Å². The van der Waals surface area contributed by atoms with Crippen molar-refractivity contribution in [3.05, 3.63) is 81.9 Å². The highest BCUT2D eigenvalue weighted by molar-refractivity contribution is 6.30. The van der Waals surface area contributed by atoms with Gasteiger partial charge in [-0.3, -0.25) is 9.59 Å². The molecule has 0 radical (unpaired) electrons. The monoisotopic (exact) mass is 360 g/mol. The first-order valence-corrected chi connectivity index (χ1v) is 7.40. The van der Waals surface area contributed by atoms with Gasteiger partial charge in [0.15, 0.2) is 0 Å². The topological polar surface area (TPSA) is 58.2 Å². The average Bonchev–Trinajstić information content (AvgIpc) is 3.07. The molecule has 130 valence electrons. The maximum atomic E-state index is 14.1. The second kappa shape index (κ2) is 5.55. The molecule has 0 bridgehead atoms. The number of hydrogen-bond acceptors (Lipinski definition) is 2. The van der Waals surface area contributed by atoms with Crippen LogP contribution in [0.25, 0.3) is 11.4 Å². The molecule has 2 amide bonds. The van der Waals surface area contributed by atoms with Gasteiger partial charge in [-0.1, -0.05) is 12.1 Å². The highest BCUT2D eigenvalue weighted by atomic mass is 19.1. The first-order chi connectivity index (χ1) is 12.4. The number of carbonyl (C=O) groups is 2. The first-order valence-electron chi connectivity index (χ1n) is 7.40. The Morgan fingerprint density at radius 3 is 1.19 bits per heavy atom. The summed E-state index contributed by atoms with van der Waals surface area (Å²) in [5.74, 6) is -5.76. The van der Waals surface area contributed by atoms with Gasteiger partial charge in [0.25, 0.3) is 11.8 Å². The number of amides is 2. The van der Waals surface area contributed by atoms with Crippen LogP contribution < -0.4 is 10.6 Å². The average molecular weight is 360 g/mol. The highest BCUT2D eigenvalue weighted by Gasteiger charge is 2.43. The number of nitrogens with one attached hydrogen (secondary N) is 2. The zero-order chi connectivity index (χ0) is 18.6. The maximum absolute atomic E-state index is 14.1. The van der Waals surface area contributed by atoms with Gasteiger partial charge in [0, 0.05) is 0 Å². The van der Waals surface area contributed by atoms with Gasteiger partial charge < -0.3 is 10.6 Å². The lowest BCUT2D eigenvalue weighted by Gasteiger charge is -2.09. The molecule has 2 aliphatic heterocycles. The Kier molecular flexibility index (Phi) is 3.43. The zero-order valence-corrected chi connectivity index (χ0v) is 12.8. The second-order valence-electron chi connectivity index (χ2n) is 5.60. The summed E-state index contributed by atoms with van der Waals surface area (Å²) in [6.07, 6.45) is 0. The van der Waals surface area contributed by atoms with Gasteiger partial charge in [-0.05, 0) is 24.3 Å². The molecule has 0 aromatic heterocycles. The van der Waals surface area contributed by atoms with Crippen LogP contribution in [0.5, 0.6) is 0 Å². The Morgan fingerprint density at radius 1 is 0.577 bits per heavy atom. The first kappa shape index (κ1) is 16.1. The van der Waals surface area contributed by atoms with Crippen molar-refractivity contribution in [2.45, 2.75) is 0 Å². The summed E-state index contributed by atoms with van der Waals surface area (Å²) in [7, 11) is 0. The zero-order valence-electron chi connectivity index (χ0n) is 12.8. The van der Waals surface area contributed by atoms with Crippen LogP contribution in [0.3, 0.4) is 0 Å². The smallest absolute Gasteiger partial charge is 0.258 e. The van der Waals surface area contributed by atoms with Gasteiger partial charge in [-0.15, -0.1) is 0 Å². The molecule has 2 N–H and O–H groups in total. The summed E-state index contributed by atoms with van der Waals surface area (Å²) < 4.78 is 56.3. The Morgan fingerprint density at radius 2 is 0.885 bits per heavy atom. The summed E-state index contributed by atoms with van der Waals surface area (Å²) in [6, 6.07) is 6.10. The van der Waals surface area contributed by atoms with E-state index in [-0.39, 0.29) is 22.5 Å². The van der Waals surface area contributed by atoms with Gasteiger partial charge in [0.2, 0.25) is 0 Å². The minimum Gasteiger partial charge on any atom is -0.320 e. The molecule has 26 heavy (non-hydrogen) atoms. The fourth-order valence-corrected chi connectivity index (χ4v) is 3.03. The van der Waals surface area contributed by atoms with E-state index in [4.69, 9.17) is 0 Å². The lowest BCUT2D eigenvalue weighted by Crippen LogP contribution is -2.23. The van der Waals surface area contributed by atoms with E-state index >= 15 is 0 Å². The molecule has 2 aliphatic rings. The van der Waals surface area contributed by atoms with Crippen molar-refractivity contribution in [2.75, 3.05) is 0 Å². The molecule has 0 saturated heterocycles. The van der Waals surface area contributed by atoms with Crippen LogP contribution in [0.15, 0.2) is 47.5 Å². The van der Waals surface area contributed by atoms with Crippen LogP contribution in [-0.4, -0.2) is 11.8 Å². The van der Waals surface area contributed by atoms with Crippen LogP contribution in [0.1, 0.15) is 11.1 Å². The molecule has 0 saturated carbocycles. The quantitative estimate of drug-likeness (QED) is 0.809. The van der Waals surface area contributed by atoms with Gasteiger partial charge in [-0.25, -0.2) is 17.6 Å². The van der Waals surface area contributed by atoms with Crippen LogP contribution in [0.4, 0.5) is 17.6 Å². The van der Waals surface area contributed by atoms with Crippen LogP contribution in [0.2, 0.25) is 0 Å². The van der Waals surface area contributed by atoms with Crippen molar-refractivity contribution in [3.8, 4) is 0 Å². The maximum Gasteiger partial charge on any atom is 0.258 e. The fourth-order valence-electron chi connectivity index (χ4n) is 3.03. The van der Waals surface area contributed by atoms with E-state index < -0.39 is 46.2 Å². The highest BCUT2D eigenvalue weighted by Crippen LogP contribution is 2.39. The standard InChI is InChI=1S/C18H8F4N2O2/c19-7-3-1-4-8(20)11(7)15-13-14(18(26)23-15)16(24-17(13)25)12-9(21)5-2-6-10(12)22/h1-6H,(H,23,26)(H,24,25). The van der Waals surface area contributed by atoms with Gasteiger partial charge in [0.05, 0.1) is 33.7 Å². The molecule has 2 aromatic carbocycles. The van der Waals surface area contributed by atoms with Crippen LogP contribution in [-0.2, 0) is 9.59 Å². The molecule has 2 aromatic rings. The SMILES string of the molecule is O=C1NC(c2c(F)cccc2F)=C2C(=O)NC(c3c(F)cccc3F)=C12. The Balaban J connectivity index is 2.01. The van der Waals surface area contributed by atoms with Crippen molar-refractivity contribution in [1.82, 2.24) is 10.6 Å². The minimum atomic E-state index is -0.993. The molecule has 0 atom stereocenters. The van der Waals surface area contributed by atoms with Crippen molar-refractivity contribution in [1.29, 1.82) is 0 Å². The van der Waals surface area contributed by atoms with Crippen LogP contribution >= 0.6 is 0 Å². The largest absolute Gasteiger partial charge is 0.320 e. The number of hydrogen-bond donors (Lipinski definition) is 2. The summed E-state index contributed by atoms with van der Waals surface area (Å²) in [5, 5.41) is 4.44. The molecule has 4 nitrogen and oxygen atoms in total. The lowest BCUT2D eigenvalue weighted by molar-refractivity contribution is -0.117. The van der Waals surface area contributed by atoms with E-state index in [9.17, 15) is 27.2 Å². The number of benzene rings is 2. The van der Waals surface area contributed by atoms with E-state index in [1.165, 1.54) is 0 Å². The molecule has 0 spiro atoms. The Bertz CT molecular complexity index is 947. The molecule has 0 aliphatic carbocycles. The Hall–Kier alpha value is -3.42. The van der Waals surface area contributed by atoms with Crippen molar-refractivity contribution < 1.29 is 27.2 Å². The molecular weight excluding hydrogens is 352 g/mol. The predicted molar refractivity (Wildman–Crippen MR) is 82.8 cm³/mol. The second-order valence-corrected chi connectivity index (χ2v) is 5.60. The normalized spacial score (nSPS) is 16.2. The molecule has 2 heterocycles. The predicted octanol–water partition coefficient (Wildman–Crippen LogP) is 2.63. The van der Waals surface area contributed by atoms with Gasteiger partial charge in [0.1, 0.15) is 23.3 Å². The Labute approximate surface area is 143 Å². The summed E-state index contributed by atoms with van der Waals surface area (Å²) in [6.45, 7) is 0. The molecule has 0 unspecified atom stereocenters. The summed E-state index contributed by atoms with van der Waals surface area (Å²) in [4.78, 5) is 24.6. The van der Waals surface area contributed by atoms with Crippen molar-refractivity contribution >= 4 is 23.2 Å². The third-order valence-electron chi connectivity index (χ3n) is 4.11. The molecular formula is C18H8F4N2O2. The van der Waals surface area contributed by atoms with Gasteiger partial charge >= 0.3 is 0 Å². The van der Waals surface area contributed by atoms with E-state index in [2.05, 4.69) is 10.6 Å². The van der Waals surface area contributed by atoms with E-state index in [1.54, 1.807) is 0 Å². The van der Waals surface area contributed by atoms with Crippen molar-refractivity contribution in [3.63, 3.8) is 0 Å². The van der Waals surface area contributed by atoms with Crippen LogP contribution in [0, 0.1) is 23.3 Å². The summed E-state index contributed by atoms with van der Waals surface area (Å²) in [5.41, 5.74) is -2.70.